The second kappa shape index (κ2) is 14.1. The molecule has 3 aromatic rings. The van der Waals surface area contributed by atoms with Gasteiger partial charge in [0.05, 0.1) is 31.2 Å². The van der Waals surface area contributed by atoms with Gasteiger partial charge in [0.25, 0.3) is 8.32 Å². The summed E-state index contributed by atoms with van der Waals surface area (Å²) in [6.07, 6.45) is 4.64. The van der Waals surface area contributed by atoms with Crippen LogP contribution in [0.5, 0.6) is 0 Å². The Kier molecular flexibility index (Phi) is 10.1. The normalized spacial score (nSPS) is 23.2. The summed E-state index contributed by atoms with van der Waals surface area (Å²) in [6, 6.07) is 24.9. The second-order valence-electron chi connectivity index (χ2n) is 14.6. The number of allylic oxidation sites excluding steroid dienone is 1. The number of hydrogen-bond acceptors (Lipinski definition) is 6. The van der Waals surface area contributed by atoms with E-state index in [-0.39, 0.29) is 47.3 Å². The van der Waals surface area contributed by atoms with E-state index in [1.165, 1.54) is 20.8 Å². The van der Waals surface area contributed by atoms with Crippen LogP contribution in [0.2, 0.25) is 5.04 Å². The Labute approximate surface area is 285 Å². The van der Waals surface area contributed by atoms with Crippen molar-refractivity contribution < 1.29 is 28.3 Å². The largest absolute Gasteiger partial charge is 0.459 e. The molecule has 1 N–H and O–H groups in total. The lowest BCUT2D eigenvalue weighted by atomic mass is 9.69. The number of amides is 2. The fourth-order valence-electron chi connectivity index (χ4n) is 8.30. The second-order valence-corrected chi connectivity index (χ2v) is 18.9. The molecule has 2 amide bonds. The minimum atomic E-state index is -2.85. The van der Waals surface area contributed by atoms with Gasteiger partial charge >= 0.3 is 0 Å². The van der Waals surface area contributed by atoms with Gasteiger partial charge in [-0.05, 0) is 77.4 Å². The molecule has 2 aromatic carbocycles. The lowest BCUT2D eigenvalue weighted by Crippen LogP contribution is -2.66. The molecule has 0 bridgehead atoms. The number of nitrogens with zero attached hydrogens (tertiary/aromatic N) is 1. The Hall–Kier alpha value is -3.56. The van der Waals surface area contributed by atoms with Gasteiger partial charge in [0.15, 0.2) is 0 Å². The summed E-state index contributed by atoms with van der Waals surface area (Å²) >= 11 is 0. The highest BCUT2D eigenvalue weighted by molar-refractivity contribution is 6.99. The molecule has 3 aliphatic rings. The van der Waals surface area contributed by atoms with Crippen LogP contribution in [0, 0.1) is 17.8 Å². The van der Waals surface area contributed by atoms with Gasteiger partial charge < -0.3 is 18.7 Å². The Balaban J connectivity index is 1.37. The van der Waals surface area contributed by atoms with Crippen LogP contribution in [-0.4, -0.2) is 56.0 Å². The zero-order valence-electron chi connectivity index (χ0n) is 28.9. The van der Waals surface area contributed by atoms with Crippen molar-refractivity contribution in [1.82, 2.24) is 4.90 Å². The third-order valence-corrected chi connectivity index (χ3v) is 15.4. The van der Waals surface area contributed by atoms with Gasteiger partial charge in [0, 0.05) is 12.5 Å². The predicted molar refractivity (Wildman–Crippen MR) is 190 cm³/mol. The number of carbonyl (C=O) groups excluding carboxylic acids is 2. The van der Waals surface area contributed by atoms with Crippen molar-refractivity contribution in [1.29, 1.82) is 0 Å². The number of benzene rings is 2. The van der Waals surface area contributed by atoms with Gasteiger partial charge in [-0.15, -0.1) is 0 Å². The first-order chi connectivity index (χ1) is 23.1. The molecule has 2 aliphatic heterocycles. The van der Waals surface area contributed by atoms with E-state index in [1.807, 2.05) is 31.2 Å². The quantitative estimate of drug-likeness (QED) is 0.139. The Morgan fingerprint density at radius 1 is 0.979 bits per heavy atom. The SMILES string of the molecule is CCCN1C(=O)[C@@H]2[C@@H](CC(CO[Si](c3ccccc3)(c3ccccc3)C(C)(C)C)=C3[C@@H](CC/C(C)=C/c4ccc(CO)o4)OC[C@@H]32)C1=O. The summed E-state index contributed by atoms with van der Waals surface area (Å²) in [5, 5.41) is 11.6. The molecular weight excluding hydrogens is 619 g/mol. The van der Waals surface area contributed by atoms with Crippen LogP contribution in [0.3, 0.4) is 0 Å². The fraction of sp³-hybridized carbons (Fsp3) is 0.450. The van der Waals surface area contributed by atoms with E-state index < -0.39 is 8.32 Å². The maximum Gasteiger partial charge on any atom is 0.261 e. The summed E-state index contributed by atoms with van der Waals surface area (Å²) in [4.78, 5) is 29.0. The number of aliphatic hydroxyl groups excluding tert-OH is 1. The third-order valence-electron chi connectivity index (χ3n) is 10.5. The molecule has 7 nitrogen and oxygen atoms in total. The molecule has 1 aromatic heterocycles. The van der Waals surface area contributed by atoms with Crippen LogP contribution in [0.4, 0.5) is 0 Å². The number of carbonyl (C=O) groups is 2. The van der Waals surface area contributed by atoms with E-state index in [9.17, 15) is 14.7 Å². The zero-order valence-corrected chi connectivity index (χ0v) is 29.9. The average Bonchev–Trinajstić information content (AvgIpc) is 3.78. The summed E-state index contributed by atoms with van der Waals surface area (Å²) in [5.74, 6) is 0.280. The Bertz CT molecular complexity index is 1630. The third kappa shape index (κ3) is 6.31. The van der Waals surface area contributed by atoms with Crippen molar-refractivity contribution >= 4 is 36.6 Å². The average molecular weight is 668 g/mol. The van der Waals surface area contributed by atoms with Crippen LogP contribution in [0.1, 0.15) is 71.8 Å². The maximum absolute atomic E-state index is 13.8. The standard InChI is InChI=1S/C40H49NO6Si/c1-6-21-41-38(43)33-23-28(25-46-48(40(3,4)5,31-13-9-7-10-14-31)32-15-11-8-12-16-32)36-34(37(33)39(41)44)26-45-35(36)20-17-27(2)22-29-18-19-30(24-42)47-29/h7-16,18-19,22,33-35,37,42H,6,17,20-21,23-26H2,1-5H3/b27-22+/t33-,34+,35-,37-/m1/s1. The van der Waals surface area contributed by atoms with E-state index in [0.29, 0.717) is 37.7 Å². The number of hydrogen-bond donors (Lipinski definition) is 1. The first kappa shape index (κ1) is 34.3. The molecule has 2 fully saturated rings. The van der Waals surface area contributed by atoms with E-state index >= 15 is 0 Å². The van der Waals surface area contributed by atoms with Crippen LogP contribution in [-0.2, 0) is 25.4 Å². The van der Waals surface area contributed by atoms with Crippen LogP contribution in [0.15, 0.2) is 93.9 Å². The summed E-state index contributed by atoms with van der Waals surface area (Å²) in [5.41, 5.74) is 3.43. The molecule has 3 heterocycles. The molecule has 1 aliphatic carbocycles. The Morgan fingerprint density at radius 2 is 1.65 bits per heavy atom. The van der Waals surface area contributed by atoms with Gasteiger partial charge in [-0.3, -0.25) is 14.5 Å². The summed E-state index contributed by atoms with van der Waals surface area (Å²) in [6.45, 7) is 12.1. The minimum absolute atomic E-state index is 0.0425. The summed E-state index contributed by atoms with van der Waals surface area (Å²) < 4.78 is 19.7. The number of rotatable bonds is 12. The van der Waals surface area contributed by atoms with Crippen molar-refractivity contribution in [2.45, 2.75) is 78.1 Å². The molecular formula is C40H49NO6Si. The highest BCUT2D eigenvalue weighted by Gasteiger charge is 2.57. The molecule has 4 atom stereocenters. The molecule has 0 spiro atoms. The van der Waals surface area contributed by atoms with Crippen molar-refractivity contribution in [2.75, 3.05) is 19.8 Å². The smallest absolute Gasteiger partial charge is 0.261 e. The van der Waals surface area contributed by atoms with E-state index in [4.69, 9.17) is 13.6 Å². The van der Waals surface area contributed by atoms with Gasteiger partial charge in [-0.1, -0.05) is 93.9 Å². The van der Waals surface area contributed by atoms with Gasteiger partial charge in [0.1, 0.15) is 18.1 Å². The molecule has 0 radical (unpaired) electrons. The maximum atomic E-state index is 13.8. The molecule has 48 heavy (non-hydrogen) atoms. The van der Waals surface area contributed by atoms with Gasteiger partial charge in [-0.2, -0.15) is 0 Å². The molecule has 2 saturated heterocycles. The number of likely N-dealkylation sites (tertiary alicyclic amines) is 1. The van der Waals surface area contributed by atoms with Crippen molar-refractivity contribution in [3.63, 3.8) is 0 Å². The van der Waals surface area contributed by atoms with Crippen molar-refractivity contribution in [3.8, 4) is 0 Å². The topological polar surface area (TPSA) is 89.2 Å². The predicted octanol–water partition coefficient (Wildman–Crippen LogP) is 6.26. The molecule has 8 heteroatoms. The molecule has 254 valence electrons. The fourth-order valence-corrected chi connectivity index (χ4v) is 12.8. The number of ether oxygens (including phenoxy) is 1. The number of fused-ring (bicyclic) bond motifs is 3. The van der Waals surface area contributed by atoms with Gasteiger partial charge in [-0.25, -0.2) is 0 Å². The zero-order chi connectivity index (χ0) is 34.1. The van der Waals surface area contributed by atoms with E-state index in [1.54, 1.807) is 6.07 Å². The first-order valence-corrected chi connectivity index (χ1v) is 19.3. The molecule has 0 saturated carbocycles. The van der Waals surface area contributed by atoms with Crippen molar-refractivity contribution in [3.05, 3.63) is 101 Å². The van der Waals surface area contributed by atoms with Crippen LogP contribution in [0.25, 0.3) is 6.08 Å². The number of aliphatic hydroxyl groups is 1. The van der Waals surface area contributed by atoms with E-state index in [2.05, 4.69) is 76.2 Å². The summed E-state index contributed by atoms with van der Waals surface area (Å²) in [7, 11) is -2.85. The minimum Gasteiger partial charge on any atom is -0.459 e. The highest BCUT2D eigenvalue weighted by Crippen LogP contribution is 2.50. The lowest BCUT2D eigenvalue weighted by molar-refractivity contribution is -0.140. The monoisotopic (exact) mass is 667 g/mol. The van der Waals surface area contributed by atoms with Crippen LogP contribution >= 0.6 is 0 Å². The number of furan rings is 1. The molecule has 0 unspecified atom stereocenters. The Morgan fingerprint density at radius 3 is 2.23 bits per heavy atom. The lowest BCUT2D eigenvalue weighted by Gasteiger charge is -2.44. The van der Waals surface area contributed by atoms with Crippen LogP contribution < -0.4 is 10.4 Å². The highest BCUT2D eigenvalue weighted by atomic mass is 28.4. The van der Waals surface area contributed by atoms with Crippen molar-refractivity contribution in [2.24, 2.45) is 17.8 Å². The van der Waals surface area contributed by atoms with Gasteiger partial charge in [0.2, 0.25) is 11.8 Å². The number of imide groups is 1. The molecule has 6 rings (SSSR count). The van der Waals surface area contributed by atoms with E-state index in [0.717, 1.165) is 30.4 Å². The first-order valence-electron chi connectivity index (χ1n) is 17.4.